The van der Waals surface area contributed by atoms with Gasteiger partial charge in [-0.05, 0) is 18.7 Å². The second-order valence-corrected chi connectivity index (χ2v) is 8.45. The van der Waals surface area contributed by atoms with Crippen LogP contribution in [0.5, 0.6) is 0 Å². The van der Waals surface area contributed by atoms with Crippen molar-refractivity contribution in [1.29, 1.82) is 0 Å². The third kappa shape index (κ3) is 2.20. The van der Waals surface area contributed by atoms with E-state index in [-0.39, 0.29) is 0 Å². The van der Waals surface area contributed by atoms with E-state index in [1.165, 1.54) is 0 Å². The summed E-state index contributed by atoms with van der Waals surface area (Å²) in [5, 5.41) is 3.20. The topological polar surface area (TPSA) is 21.3 Å². The molecule has 0 spiro atoms. The van der Waals surface area contributed by atoms with Crippen LogP contribution < -0.4 is 5.09 Å². The zero-order valence-electron chi connectivity index (χ0n) is 5.29. The lowest BCUT2D eigenvalue weighted by molar-refractivity contribution is 0.381. The fraction of sp³-hybridized carbons (Fsp3) is 1.00. The molecule has 5 heteroatoms. The SMILES string of the molecule is CCOP1(=S)NCCS1. The van der Waals surface area contributed by atoms with Crippen molar-refractivity contribution in [3.8, 4) is 0 Å². The molecule has 1 N–H and O–H groups in total. The zero-order chi connectivity index (χ0) is 6.74. The second-order valence-electron chi connectivity index (χ2n) is 1.66. The molecule has 0 aromatic rings. The van der Waals surface area contributed by atoms with Crippen LogP contribution in [0.4, 0.5) is 0 Å². The molecule has 1 aliphatic rings. The number of hydrogen-bond acceptors (Lipinski definition) is 3. The Labute approximate surface area is 64.6 Å². The first-order valence-electron chi connectivity index (χ1n) is 2.91. The van der Waals surface area contributed by atoms with E-state index in [0.29, 0.717) is 0 Å². The fourth-order valence-corrected chi connectivity index (χ4v) is 5.56. The summed E-state index contributed by atoms with van der Waals surface area (Å²) in [5.74, 6) is 1.11. The minimum Gasteiger partial charge on any atom is -0.331 e. The molecular weight excluding hydrogens is 173 g/mol. The van der Waals surface area contributed by atoms with Gasteiger partial charge in [-0.1, -0.05) is 11.4 Å². The Morgan fingerprint density at radius 1 is 1.89 bits per heavy atom. The van der Waals surface area contributed by atoms with Gasteiger partial charge < -0.3 is 4.52 Å². The standard InChI is InChI=1S/C4H10NOPS2/c1-2-6-7(8)5-3-4-9-7/h2-4H2,1H3,(H,5,8). The van der Waals surface area contributed by atoms with Crippen molar-refractivity contribution in [1.82, 2.24) is 5.09 Å². The summed E-state index contributed by atoms with van der Waals surface area (Å²) in [7, 11) is 0. The van der Waals surface area contributed by atoms with Crippen LogP contribution in [0.3, 0.4) is 0 Å². The quantitative estimate of drug-likeness (QED) is 0.656. The minimum atomic E-state index is -1.57. The third-order valence-electron chi connectivity index (χ3n) is 0.968. The Balaban J connectivity index is 2.42. The highest BCUT2D eigenvalue weighted by atomic mass is 32.9. The Morgan fingerprint density at radius 2 is 2.67 bits per heavy atom. The molecule has 9 heavy (non-hydrogen) atoms. The molecule has 1 fully saturated rings. The van der Waals surface area contributed by atoms with Crippen LogP contribution in [0.25, 0.3) is 0 Å². The van der Waals surface area contributed by atoms with E-state index in [4.69, 9.17) is 16.3 Å². The molecule has 1 aliphatic heterocycles. The highest BCUT2D eigenvalue weighted by Crippen LogP contribution is 2.58. The normalized spacial score (nSPS) is 35.2. The molecule has 1 unspecified atom stereocenters. The molecule has 0 aromatic carbocycles. The van der Waals surface area contributed by atoms with Crippen molar-refractivity contribution >= 4 is 28.8 Å². The molecule has 1 rings (SSSR count). The molecule has 0 bridgehead atoms. The highest BCUT2D eigenvalue weighted by molar-refractivity contribution is 8.69. The predicted molar refractivity (Wildman–Crippen MR) is 46.4 cm³/mol. The van der Waals surface area contributed by atoms with Gasteiger partial charge in [0.1, 0.15) is 0 Å². The maximum Gasteiger partial charge on any atom is 0.185 e. The summed E-state index contributed by atoms with van der Waals surface area (Å²) in [4.78, 5) is 0. The van der Waals surface area contributed by atoms with E-state index in [2.05, 4.69) is 5.09 Å². The summed E-state index contributed by atoms with van der Waals surface area (Å²) in [6.07, 6.45) is 0. The van der Waals surface area contributed by atoms with Gasteiger partial charge in [0, 0.05) is 12.3 Å². The van der Waals surface area contributed by atoms with Crippen molar-refractivity contribution in [2.24, 2.45) is 0 Å². The van der Waals surface area contributed by atoms with Gasteiger partial charge in [-0.25, -0.2) is 0 Å². The van der Waals surface area contributed by atoms with Crippen LogP contribution in [0, 0.1) is 0 Å². The lowest BCUT2D eigenvalue weighted by Crippen LogP contribution is -2.04. The highest BCUT2D eigenvalue weighted by Gasteiger charge is 2.22. The molecule has 0 saturated carbocycles. The Kier molecular flexibility index (Phi) is 2.99. The first kappa shape index (κ1) is 8.02. The molecule has 1 heterocycles. The molecule has 0 aliphatic carbocycles. The van der Waals surface area contributed by atoms with E-state index >= 15 is 0 Å². The zero-order valence-corrected chi connectivity index (χ0v) is 7.82. The van der Waals surface area contributed by atoms with Gasteiger partial charge in [-0.2, -0.15) is 0 Å². The predicted octanol–water partition coefficient (Wildman–Crippen LogP) is 1.58. The van der Waals surface area contributed by atoms with Gasteiger partial charge in [-0.15, -0.1) is 0 Å². The number of nitrogens with one attached hydrogen (secondary N) is 1. The van der Waals surface area contributed by atoms with Crippen molar-refractivity contribution in [2.45, 2.75) is 6.92 Å². The molecule has 0 radical (unpaired) electrons. The number of hydrogen-bond donors (Lipinski definition) is 1. The van der Waals surface area contributed by atoms with Crippen LogP contribution in [0.1, 0.15) is 6.92 Å². The minimum absolute atomic E-state index is 0.733. The molecule has 54 valence electrons. The smallest absolute Gasteiger partial charge is 0.185 e. The fourth-order valence-electron chi connectivity index (χ4n) is 0.647. The van der Waals surface area contributed by atoms with Crippen molar-refractivity contribution in [2.75, 3.05) is 18.9 Å². The van der Waals surface area contributed by atoms with Crippen molar-refractivity contribution in [3.63, 3.8) is 0 Å². The van der Waals surface area contributed by atoms with Crippen LogP contribution in [0.15, 0.2) is 0 Å². The van der Waals surface area contributed by atoms with Crippen LogP contribution in [-0.2, 0) is 16.3 Å². The van der Waals surface area contributed by atoms with E-state index in [1.54, 1.807) is 11.4 Å². The van der Waals surface area contributed by atoms with Gasteiger partial charge in [0.25, 0.3) is 0 Å². The average Bonchev–Trinajstić information content (AvgIpc) is 2.16. The maximum atomic E-state index is 5.37. The first-order chi connectivity index (χ1) is 4.27. The molecule has 0 amide bonds. The maximum absolute atomic E-state index is 5.37. The molecular formula is C4H10NOPS2. The summed E-state index contributed by atoms with van der Waals surface area (Å²) in [6.45, 7) is 3.73. The monoisotopic (exact) mass is 183 g/mol. The van der Waals surface area contributed by atoms with E-state index in [9.17, 15) is 0 Å². The third-order valence-corrected chi connectivity index (χ3v) is 6.83. The molecule has 2 nitrogen and oxygen atoms in total. The molecule has 1 atom stereocenters. The van der Waals surface area contributed by atoms with Gasteiger partial charge in [0.05, 0.1) is 6.61 Å². The Bertz CT molecular complexity index is 131. The van der Waals surface area contributed by atoms with E-state index in [1.807, 2.05) is 6.92 Å². The lowest BCUT2D eigenvalue weighted by Gasteiger charge is -2.12. The second kappa shape index (κ2) is 3.35. The summed E-state index contributed by atoms with van der Waals surface area (Å²) < 4.78 is 5.37. The summed E-state index contributed by atoms with van der Waals surface area (Å²) >= 11 is 6.97. The van der Waals surface area contributed by atoms with Gasteiger partial charge in [0.2, 0.25) is 0 Å². The average molecular weight is 183 g/mol. The van der Waals surface area contributed by atoms with Crippen LogP contribution >= 0.6 is 17.0 Å². The summed E-state index contributed by atoms with van der Waals surface area (Å²) in [5.41, 5.74) is -1.57. The summed E-state index contributed by atoms with van der Waals surface area (Å²) in [6, 6.07) is 0. The lowest BCUT2D eigenvalue weighted by atomic mass is 10.8. The van der Waals surface area contributed by atoms with E-state index in [0.717, 1.165) is 18.9 Å². The van der Waals surface area contributed by atoms with Gasteiger partial charge >= 0.3 is 0 Å². The van der Waals surface area contributed by atoms with E-state index < -0.39 is 5.62 Å². The van der Waals surface area contributed by atoms with Gasteiger partial charge in [0.15, 0.2) is 5.62 Å². The Hall–Kier alpha value is 0.920. The van der Waals surface area contributed by atoms with Gasteiger partial charge in [-0.3, -0.25) is 5.09 Å². The van der Waals surface area contributed by atoms with Crippen LogP contribution in [-0.4, -0.2) is 18.9 Å². The first-order valence-corrected chi connectivity index (χ1v) is 7.22. The molecule has 1 saturated heterocycles. The van der Waals surface area contributed by atoms with Crippen molar-refractivity contribution in [3.05, 3.63) is 0 Å². The van der Waals surface area contributed by atoms with Crippen LogP contribution in [0.2, 0.25) is 0 Å². The Morgan fingerprint density at radius 3 is 3.11 bits per heavy atom. The van der Waals surface area contributed by atoms with Crippen molar-refractivity contribution < 1.29 is 4.52 Å². The number of rotatable bonds is 2. The largest absolute Gasteiger partial charge is 0.331 e. The molecule has 0 aromatic heterocycles.